The van der Waals surface area contributed by atoms with Gasteiger partial charge < -0.3 is 14.4 Å². The Labute approximate surface area is 126 Å². The smallest absolute Gasteiger partial charge is 0.253 e. The predicted octanol–water partition coefficient (Wildman–Crippen LogP) is 2.89. The number of benzene rings is 1. The van der Waals surface area contributed by atoms with E-state index >= 15 is 0 Å². The summed E-state index contributed by atoms with van der Waals surface area (Å²) >= 11 is 0. The summed E-state index contributed by atoms with van der Waals surface area (Å²) in [6.07, 6.45) is 6.11. The molecule has 114 valence electrons. The van der Waals surface area contributed by atoms with Crippen molar-refractivity contribution in [1.29, 1.82) is 0 Å². The lowest BCUT2D eigenvalue weighted by atomic mass is 10.1. The summed E-state index contributed by atoms with van der Waals surface area (Å²) in [5.74, 6) is 0.828. The lowest BCUT2D eigenvalue weighted by molar-refractivity contribution is 0.0133. The second kappa shape index (κ2) is 7.84. The average molecular weight is 289 g/mol. The Balaban J connectivity index is 1.94. The summed E-state index contributed by atoms with van der Waals surface area (Å²) in [6.45, 7) is 4.06. The number of nitrogens with zero attached hydrogens (tertiary/aromatic N) is 1. The maximum Gasteiger partial charge on any atom is 0.253 e. The van der Waals surface area contributed by atoms with E-state index in [9.17, 15) is 4.79 Å². The van der Waals surface area contributed by atoms with Crippen LogP contribution in [0.3, 0.4) is 0 Å². The Morgan fingerprint density at radius 1 is 1.38 bits per heavy atom. The average Bonchev–Trinajstić information content (AvgIpc) is 2.55. The van der Waals surface area contributed by atoms with E-state index in [2.05, 4.69) is 0 Å². The summed E-state index contributed by atoms with van der Waals surface area (Å²) in [7, 11) is 1.62. The fourth-order valence-corrected chi connectivity index (χ4v) is 2.46. The van der Waals surface area contributed by atoms with Gasteiger partial charge in [-0.15, -0.1) is 0 Å². The minimum Gasteiger partial charge on any atom is -0.497 e. The predicted molar refractivity (Wildman–Crippen MR) is 82.7 cm³/mol. The molecule has 1 amide bonds. The molecule has 2 rings (SSSR count). The van der Waals surface area contributed by atoms with Gasteiger partial charge in [-0.1, -0.05) is 12.2 Å². The molecule has 1 unspecified atom stereocenters. The first kappa shape index (κ1) is 15.6. The lowest BCUT2D eigenvalue weighted by Gasteiger charge is -2.32. The third-order valence-corrected chi connectivity index (χ3v) is 3.67. The molecule has 0 spiro atoms. The molecule has 4 nitrogen and oxygen atoms in total. The van der Waals surface area contributed by atoms with E-state index in [0.717, 1.165) is 25.1 Å². The zero-order valence-corrected chi connectivity index (χ0v) is 12.7. The highest BCUT2D eigenvalue weighted by atomic mass is 16.5. The van der Waals surface area contributed by atoms with E-state index in [1.54, 1.807) is 7.11 Å². The van der Waals surface area contributed by atoms with Crippen molar-refractivity contribution in [2.24, 2.45) is 0 Å². The van der Waals surface area contributed by atoms with Crippen LogP contribution in [-0.2, 0) is 4.74 Å². The van der Waals surface area contributed by atoms with Crippen LogP contribution in [0, 0.1) is 0 Å². The molecule has 0 saturated carbocycles. The van der Waals surface area contributed by atoms with Crippen molar-refractivity contribution in [2.75, 3.05) is 26.8 Å². The molecule has 4 heteroatoms. The van der Waals surface area contributed by atoms with E-state index in [-0.39, 0.29) is 12.0 Å². The maximum atomic E-state index is 12.5. The number of ether oxygens (including phenoxy) is 2. The number of allylic oxidation sites excluding steroid dienone is 1. The van der Waals surface area contributed by atoms with Gasteiger partial charge in [0.2, 0.25) is 0 Å². The molecule has 0 radical (unpaired) electrons. The Morgan fingerprint density at radius 3 is 2.81 bits per heavy atom. The summed E-state index contributed by atoms with van der Waals surface area (Å²) in [4.78, 5) is 14.4. The van der Waals surface area contributed by atoms with Gasteiger partial charge in [-0.25, -0.2) is 0 Å². The van der Waals surface area contributed by atoms with E-state index in [1.165, 1.54) is 0 Å². The minimum atomic E-state index is 0.0667. The first-order valence-electron chi connectivity index (χ1n) is 7.40. The van der Waals surface area contributed by atoms with E-state index < -0.39 is 0 Å². The first-order valence-corrected chi connectivity index (χ1v) is 7.40. The number of hydrogen-bond acceptors (Lipinski definition) is 3. The van der Waals surface area contributed by atoms with E-state index in [1.807, 2.05) is 48.2 Å². The molecule has 1 aromatic carbocycles. The van der Waals surface area contributed by atoms with Crippen molar-refractivity contribution < 1.29 is 14.3 Å². The van der Waals surface area contributed by atoms with Crippen molar-refractivity contribution >= 4 is 5.91 Å². The molecule has 21 heavy (non-hydrogen) atoms. The van der Waals surface area contributed by atoms with Crippen molar-refractivity contribution in [1.82, 2.24) is 4.90 Å². The van der Waals surface area contributed by atoms with Crippen molar-refractivity contribution in [3.05, 3.63) is 42.0 Å². The van der Waals surface area contributed by atoms with Gasteiger partial charge in [0.15, 0.2) is 0 Å². The summed E-state index contributed by atoms with van der Waals surface area (Å²) in [5, 5.41) is 0. The van der Waals surface area contributed by atoms with Crippen LogP contribution in [0.2, 0.25) is 0 Å². The normalized spacial score (nSPS) is 19.0. The second-order valence-corrected chi connectivity index (χ2v) is 5.15. The number of piperidine rings is 1. The third kappa shape index (κ3) is 4.33. The summed E-state index contributed by atoms with van der Waals surface area (Å²) in [6, 6.07) is 7.26. The van der Waals surface area contributed by atoms with E-state index in [0.29, 0.717) is 18.7 Å². The molecule has 0 bridgehead atoms. The molecule has 0 N–H and O–H groups in total. The lowest BCUT2D eigenvalue weighted by Crippen LogP contribution is -2.43. The molecule has 1 saturated heterocycles. The van der Waals surface area contributed by atoms with Crippen LogP contribution in [0.15, 0.2) is 36.4 Å². The van der Waals surface area contributed by atoms with Gasteiger partial charge >= 0.3 is 0 Å². The Morgan fingerprint density at radius 2 is 2.14 bits per heavy atom. The number of amides is 1. The quantitative estimate of drug-likeness (QED) is 0.782. The third-order valence-electron chi connectivity index (χ3n) is 3.67. The topological polar surface area (TPSA) is 38.8 Å². The van der Waals surface area contributed by atoms with Gasteiger partial charge in [0.05, 0.1) is 19.8 Å². The van der Waals surface area contributed by atoms with Gasteiger partial charge in [-0.3, -0.25) is 4.79 Å². The second-order valence-electron chi connectivity index (χ2n) is 5.15. The largest absolute Gasteiger partial charge is 0.497 e. The Hall–Kier alpha value is -1.81. The maximum absolute atomic E-state index is 12.5. The number of carbonyl (C=O) groups is 1. The number of carbonyl (C=O) groups excluding carboxylic acids is 1. The Kier molecular flexibility index (Phi) is 5.81. The van der Waals surface area contributed by atoms with Crippen LogP contribution in [0.25, 0.3) is 0 Å². The molecule has 1 atom stereocenters. The monoisotopic (exact) mass is 289 g/mol. The van der Waals surface area contributed by atoms with Gasteiger partial charge in [-0.05, 0) is 44.0 Å². The molecule has 1 aliphatic rings. The SMILES string of the molecule is C/C=C\COC1CCCN(C(=O)c2ccc(OC)cc2)C1. The molecular weight excluding hydrogens is 266 g/mol. The number of likely N-dealkylation sites (tertiary alicyclic amines) is 1. The number of hydrogen-bond donors (Lipinski definition) is 0. The highest BCUT2D eigenvalue weighted by Gasteiger charge is 2.24. The van der Waals surface area contributed by atoms with Crippen LogP contribution >= 0.6 is 0 Å². The Bertz CT molecular complexity index is 481. The van der Waals surface area contributed by atoms with Gasteiger partial charge in [0.1, 0.15) is 5.75 Å². The molecular formula is C17H23NO3. The molecule has 0 aromatic heterocycles. The zero-order chi connectivity index (χ0) is 15.1. The fourth-order valence-electron chi connectivity index (χ4n) is 2.46. The van der Waals surface area contributed by atoms with Crippen molar-refractivity contribution in [2.45, 2.75) is 25.9 Å². The molecule has 1 heterocycles. The standard InChI is InChI=1S/C17H23NO3/c1-3-4-12-21-16-6-5-11-18(13-16)17(19)14-7-9-15(20-2)10-8-14/h3-4,7-10,16H,5-6,11-13H2,1-2H3/b4-3-. The molecule has 0 aliphatic carbocycles. The highest BCUT2D eigenvalue weighted by molar-refractivity contribution is 5.94. The van der Waals surface area contributed by atoms with Crippen LogP contribution in [0.4, 0.5) is 0 Å². The number of rotatable bonds is 5. The van der Waals surface area contributed by atoms with Crippen LogP contribution < -0.4 is 4.74 Å². The fraction of sp³-hybridized carbons (Fsp3) is 0.471. The molecule has 1 aliphatic heterocycles. The zero-order valence-electron chi connectivity index (χ0n) is 12.7. The summed E-state index contributed by atoms with van der Waals surface area (Å²) in [5.41, 5.74) is 0.699. The summed E-state index contributed by atoms with van der Waals surface area (Å²) < 4.78 is 10.9. The van der Waals surface area contributed by atoms with Gasteiger partial charge in [0.25, 0.3) is 5.91 Å². The number of methoxy groups -OCH3 is 1. The van der Waals surface area contributed by atoms with Crippen LogP contribution in [-0.4, -0.2) is 43.7 Å². The van der Waals surface area contributed by atoms with E-state index in [4.69, 9.17) is 9.47 Å². The van der Waals surface area contributed by atoms with Gasteiger partial charge in [-0.2, -0.15) is 0 Å². The van der Waals surface area contributed by atoms with Crippen molar-refractivity contribution in [3.8, 4) is 5.75 Å². The van der Waals surface area contributed by atoms with Crippen molar-refractivity contribution in [3.63, 3.8) is 0 Å². The molecule has 1 aromatic rings. The molecule has 1 fully saturated rings. The first-order chi connectivity index (χ1) is 10.2. The highest BCUT2D eigenvalue weighted by Crippen LogP contribution is 2.18. The van der Waals surface area contributed by atoms with Crippen LogP contribution in [0.5, 0.6) is 5.75 Å². The van der Waals surface area contributed by atoms with Gasteiger partial charge in [0, 0.05) is 18.7 Å². The van der Waals surface area contributed by atoms with Crippen LogP contribution in [0.1, 0.15) is 30.1 Å². The minimum absolute atomic E-state index is 0.0667.